The fourth-order valence-electron chi connectivity index (χ4n) is 6.18. The first kappa shape index (κ1) is 33.5. The fraction of sp³-hybridized carbons (Fsp3) is 0.333. The topological polar surface area (TPSA) is 97.9 Å². The molecule has 5 aromatic rings. The van der Waals surface area contributed by atoms with Crippen LogP contribution in [-0.4, -0.2) is 57.6 Å². The molecule has 0 spiro atoms. The van der Waals surface area contributed by atoms with Crippen molar-refractivity contribution in [3.05, 3.63) is 99.7 Å². The van der Waals surface area contributed by atoms with E-state index in [1.54, 1.807) is 12.1 Å². The summed E-state index contributed by atoms with van der Waals surface area (Å²) < 4.78 is 15.9. The summed E-state index contributed by atoms with van der Waals surface area (Å²) in [5.41, 5.74) is 5.44. The van der Waals surface area contributed by atoms with Gasteiger partial charge >= 0.3 is 0 Å². The Morgan fingerprint density at radius 3 is 2.52 bits per heavy atom. The molecule has 0 unspecified atom stereocenters. The molecule has 0 amide bonds. The van der Waals surface area contributed by atoms with E-state index in [0.717, 1.165) is 42.9 Å². The van der Waals surface area contributed by atoms with E-state index in [9.17, 15) is 9.65 Å². The van der Waals surface area contributed by atoms with Gasteiger partial charge in [0.05, 0.1) is 45.8 Å². The van der Waals surface area contributed by atoms with Crippen molar-refractivity contribution in [1.82, 2.24) is 24.9 Å². The van der Waals surface area contributed by atoms with Crippen LogP contribution in [0.15, 0.2) is 67.0 Å². The van der Waals surface area contributed by atoms with Crippen molar-refractivity contribution in [2.75, 3.05) is 42.7 Å². The number of nitrogens with one attached hydrogen (secondary N) is 2. The van der Waals surface area contributed by atoms with Gasteiger partial charge in [0.2, 0.25) is 0 Å². The molecular weight excluding hydrogens is 648 g/mol. The largest absolute Gasteiger partial charge is 0.378 e. The van der Waals surface area contributed by atoms with Crippen LogP contribution in [0.4, 0.5) is 27.1 Å². The predicted molar refractivity (Wildman–Crippen MR) is 192 cm³/mol. The summed E-state index contributed by atoms with van der Waals surface area (Å²) in [7, 11) is 4.01. The van der Waals surface area contributed by atoms with Gasteiger partial charge in [-0.1, -0.05) is 40.5 Å². The van der Waals surface area contributed by atoms with Gasteiger partial charge in [0, 0.05) is 60.7 Å². The summed E-state index contributed by atoms with van der Waals surface area (Å²) >= 11 is 12.8. The van der Waals surface area contributed by atoms with Crippen molar-refractivity contribution in [1.29, 1.82) is 5.26 Å². The molecule has 1 saturated heterocycles. The van der Waals surface area contributed by atoms with Crippen LogP contribution in [0.3, 0.4) is 0 Å². The SMILES string of the molecule is CN(C)c1cccc([C@H](Nc2cc(Cl)cc3c(Nc4ccc(F)c(Cl)c4)c(C#N)cnc23)c2cn(C3CCN(C(C)(C)C)CC3)nn2)c1. The Bertz CT molecular complexity index is 1990. The van der Waals surface area contributed by atoms with Crippen LogP contribution in [0.25, 0.3) is 10.9 Å². The molecule has 6 rings (SSSR count). The van der Waals surface area contributed by atoms with Crippen molar-refractivity contribution in [2.45, 2.75) is 51.2 Å². The summed E-state index contributed by atoms with van der Waals surface area (Å²) in [6, 6.07) is 18.2. The smallest absolute Gasteiger partial charge is 0.141 e. The van der Waals surface area contributed by atoms with Gasteiger partial charge in [-0.05, 0) is 81.6 Å². The number of aromatic nitrogens is 4. The normalized spacial score (nSPS) is 14.9. The van der Waals surface area contributed by atoms with E-state index in [-0.39, 0.29) is 16.6 Å². The second-order valence-corrected chi connectivity index (χ2v) is 14.2. The number of halogens is 3. The van der Waals surface area contributed by atoms with E-state index < -0.39 is 11.9 Å². The Hall–Kier alpha value is -4.43. The predicted octanol–water partition coefficient (Wildman–Crippen LogP) is 8.59. The highest BCUT2D eigenvalue weighted by atomic mass is 35.5. The fourth-order valence-corrected chi connectivity index (χ4v) is 6.58. The zero-order chi connectivity index (χ0) is 34.2. The lowest BCUT2D eigenvalue weighted by molar-refractivity contribution is 0.0866. The molecule has 0 saturated carbocycles. The van der Waals surface area contributed by atoms with Crippen LogP contribution >= 0.6 is 23.2 Å². The Balaban J connectivity index is 1.40. The number of anilines is 4. The minimum absolute atomic E-state index is 0.0344. The minimum Gasteiger partial charge on any atom is -0.378 e. The molecule has 1 aliphatic rings. The monoisotopic (exact) mass is 685 g/mol. The molecule has 0 aliphatic carbocycles. The van der Waals surface area contributed by atoms with Crippen LogP contribution in [-0.2, 0) is 0 Å². The lowest BCUT2D eigenvalue weighted by Gasteiger charge is -2.40. The number of nitrogens with zero attached hydrogens (tertiary/aromatic N) is 7. The van der Waals surface area contributed by atoms with E-state index in [2.05, 4.69) is 70.7 Å². The summed E-state index contributed by atoms with van der Waals surface area (Å²) in [6.07, 6.45) is 5.54. The molecule has 9 nitrogen and oxygen atoms in total. The van der Waals surface area contributed by atoms with Crippen LogP contribution < -0.4 is 15.5 Å². The molecule has 1 atom stereocenters. The van der Waals surface area contributed by atoms with Crippen LogP contribution in [0.1, 0.15) is 62.5 Å². The Morgan fingerprint density at radius 2 is 1.83 bits per heavy atom. The molecule has 3 aromatic carbocycles. The second kappa shape index (κ2) is 13.6. The number of rotatable bonds is 8. The molecule has 248 valence electrons. The Morgan fingerprint density at radius 1 is 1.06 bits per heavy atom. The van der Waals surface area contributed by atoms with Crippen molar-refractivity contribution in [3.8, 4) is 6.07 Å². The molecule has 2 N–H and O–H groups in total. The molecular formula is C36H38Cl2FN9. The van der Waals surface area contributed by atoms with Crippen molar-refractivity contribution >= 4 is 56.9 Å². The maximum atomic E-state index is 13.9. The van der Waals surface area contributed by atoms with Gasteiger partial charge in [0.25, 0.3) is 0 Å². The molecule has 48 heavy (non-hydrogen) atoms. The first-order valence-corrected chi connectivity index (χ1v) is 16.6. The highest BCUT2D eigenvalue weighted by molar-refractivity contribution is 6.32. The first-order chi connectivity index (χ1) is 22.9. The van der Waals surface area contributed by atoms with Crippen molar-refractivity contribution in [2.24, 2.45) is 0 Å². The van der Waals surface area contributed by atoms with Gasteiger partial charge in [-0.3, -0.25) is 9.88 Å². The first-order valence-electron chi connectivity index (χ1n) is 15.9. The quantitative estimate of drug-likeness (QED) is 0.168. The van der Waals surface area contributed by atoms with Crippen molar-refractivity contribution < 1.29 is 4.39 Å². The minimum atomic E-state index is -0.534. The summed E-state index contributed by atoms with van der Waals surface area (Å²) in [5.74, 6) is -0.534. The number of benzene rings is 3. The molecule has 1 fully saturated rings. The molecule has 3 heterocycles. The van der Waals surface area contributed by atoms with Gasteiger partial charge in [0.1, 0.15) is 17.6 Å². The zero-order valence-electron chi connectivity index (χ0n) is 27.6. The molecule has 2 aromatic heterocycles. The number of likely N-dealkylation sites (tertiary alicyclic amines) is 1. The molecule has 0 radical (unpaired) electrons. The Labute approximate surface area is 290 Å². The number of piperidine rings is 1. The highest BCUT2D eigenvalue weighted by Crippen LogP contribution is 2.38. The number of hydrogen-bond acceptors (Lipinski definition) is 8. The van der Waals surface area contributed by atoms with Gasteiger partial charge < -0.3 is 15.5 Å². The summed E-state index contributed by atoms with van der Waals surface area (Å²) in [6.45, 7) is 8.77. The van der Waals surface area contributed by atoms with Crippen LogP contribution in [0.2, 0.25) is 10.0 Å². The van der Waals surface area contributed by atoms with E-state index >= 15 is 0 Å². The molecule has 12 heteroatoms. The third kappa shape index (κ3) is 7.04. The third-order valence-corrected chi connectivity index (χ3v) is 9.38. The highest BCUT2D eigenvalue weighted by Gasteiger charge is 2.29. The molecule has 1 aliphatic heterocycles. The van der Waals surface area contributed by atoms with E-state index in [1.165, 1.54) is 18.3 Å². The van der Waals surface area contributed by atoms with Crippen LogP contribution in [0.5, 0.6) is 0 Å². The summed E-state index contributed by atoms with van der Waals surface area (Å²) in [4.78, 5) is 9.27. The number of hydrogen-bond donors (Lipinski definition) is 2. The third-order valence-electron chi connectivity index (χ3n) is 8.88. The van der Waals surface area contributed by atoms with Crippen LogP contribution in [0, 0.1) is 17.1 Å². The maximum Gasteiger partial charge on any atom is 0.141 e. The van der Waals surface area contributed by atoms with Gasteiger partial charge in [0.15, 0.2) is 0 Å². The lowest BCUT2D eigenvalue weighted by atomic mass is 9.98. The van der Waals surface area contributed by atoms with Gasteiger partial charge in [-0.2, -0.15) is 5.26 Å². The molecule has 0 bridgehead atoms. The van der Waals surface area contributed by atoms with E-state index in [4.69, 9.17) is 33.3 Å². The number of nitriles is 1. The van der Waals surface area contributed by atoms with Crippen molar-refractivity contribution in [3.63, 3.8) is 0 Å². The average molecular weight is 687 g/mol. The average Bonchev–Trinajstić information content (AvgIpc) is 3.55. The zero-order valence-corrected chi connectivity index (χ0v) is 29.1. The second-order valence-electron chi connectivity index (χ2n) is 13.3. The number of fused-ring (bicyclic) bond motifs is 1. The standard InChI is InChI=1S/C36H38Cl2FN9/c1-36(2,3)47-13-11-26(12-14-47)48-21-32(44-45-48)34(22-7-6-8-27(15-22)46(4)5)43-31-17-24(37)16-28-33(23(19-40)20-41-35(28)31)42-25-9-10-30(39)29(38)18-25/h6-10,15-18,20-21,26,34,43H,11-14H2,1-5H3,(H,41,42)/t34-/m0/s1. The van der Waals surface area contributed by atoms with E-state index in [0.29, 0.717) is 38.6 Å². The van der Waals surface area contributed by atoms with Gasteiger partial charge in [-0.15, -0.1) is 5.10 Å². The van der Waals surface area contributed by atoms with E-state index in [1.807, 2.05) is 37.1 Å². The lowest BCUT2D eigenvalue weighted by Crippen LogP contribution is -2.46. The van der Waals surface area contributed by atoms with Gasteiger partial charge in [-0.25, -0.2) is 9.07 Å². The maximum absolute atomic E-state index is 13.9. The summed E-state index contributed by atoms with van der Waals surface area (Å²) in [5, 5.41) is 27.2. The number of pyridine rings is 1. The Kier molecular flexibility index (Phi) is 9.48.